The molecule has 0 aliphatic rings. The maximum Gasteiger partial charge on any atom is 0.269 e. The largest absolute Gasteiger partial charge is 0.384 e. The first kappa shape index (κ1) is 12.3. The van der Waals surface area contributed by atoms with Crippen molar-refractivity contribution in [2.75, 3.05) is 6.54 Å². The van der Waals surface area contributed by atoms with Crippen molar-refractivity contribution in [3.05, 3.63) is 39.9 Å². The average Bonchev–Trinajstić information content (AvgIpc) is 2.28. The Labute approximate surface area is 91.8 Å². The second-order valence-electron chi connectivity index (χ2n) is 3.32. The summed E-state index contributed by atoms with van der Waals surface area (Å²) in [4.78, 5) is 21.2. The van der Waals surface area contributed by atoms with Crippen LogP contribution in [-0.2, 0) is 11.2 Å². The summed E-state index contributed by atoms with van der Waals surface area (Å²) >= 11 is 0. The van der Waals surface area contributed by atoms with Crippen LogP contribution in [0, 0.1) is 10.1 Å². The number of rotatable bonds is 5. The molecule has 1 unspecified atom stereocenters. The zero-order chi connectivity index (χ0) is 12.1. The lowest BCUT2D eigenvalue weighted by molar-refractivity contribution is -0.384. The summed E-state index contributed by atoms with van der Waals surface area (Å²) in [6, 6.07) is 5.60. The highest BCUT2D eigenvalue weighted by molar-refractivity contribution is 5.85. The smallest absolute Gasteiger partial charge is 0.269 e. The fraction of sp³-hybridized carbons (Fsp3) is 0.300. The molecular formula is C10H12N2O4. The van der Waals surface area contributed by atoms with Crippen molar-refractivity contribution in [2.24, 2.45) is 5.73 Å². The number of nitrogens with two attached hydrogens (primary N) is 1. The van der Waals surface area contributed by atoms with Crippen molar-refractivity contribution in [1.29, 1.82) is 0 Å². The van der Waals surface area contributed by atoms with Crippen molar-refractivity contribution in [3.8, 4) is 0 Å². The van der Waals surface area contributed by atoms with E-state index < -0.39 is 16.8 Å². The number of nitrogens with zero attached hydrogens (tertiary/aromatic N) is 1. The van der Waals surface area contributed by atoms with Crippen molar-refractivity contribution < 1.29 is 14.8 Å². The molecule has 0 saturated heterocycles. The Kier molecular flexibility index (Phi) is 4.10. The quantitative estimate of drug-likeness (QED) is 0.542. The summed E-state index contributed by atoms with van der Waals surface area (Å²) in [5.41, 5.74) is 5.71. The van der Waals surface area contributed by atoms with E-state index in [0.717, 1.165) is 0 Å². The van der Waals surface area contributed by atoms with Gasteiger partial charge in [-0.2, -0.15) is 0 Å². The van der Waals surface area contributed by atoms with Crippen LogP contribution in [0.4, 0.5) is 5.69 Å². The number of non-ortho nitro benzene ring substituents is 1. The SMILES string of the molecule is NCC(O)C(=O)Cc1ccc([N+](=O)[O-])cc1. The van der Waals surface area contributed by atoms with Gasteiger partial charge < -0.3 is 10.8 Å². The van der Waals surface area contributed by atoms with Crippen LogP contribution >= 0.6 is 0 Å². The molecule has 1 aromatic carbocycles. The molecule has 0 radical (unpaired) electrons. The van der Waals surface area contributed by atoms with Crippen LogP contribution in [0.1, 0.15) is 5.56 Å². The maximum atomic E-state index is 11.3. The number of ketones is 1. The molecule has 6 nitrogen and oxygen atoms in total. The lowest BCUT2D eigenvalue weighted by atomic mass is 10.1. The van der Waals surface area contributed by atoms with Crippen LogP contribution < -0.4 is 5.73 Å². The van der Waals surface area contributed by atoms with Gasteiger partial charge in [-0.05, 0) is 5.56 Å². The predicted octanol–water partition coefficient (Wildman–Crippen LogP) is 0.0260. The number of carbonyl (C=O) groups is 1. The van der Waals surface area contributed by atoms with Crippen molar-refractivity contribution in [1.82, 2.24) is 0 Å². The van der Waals surface area contributed by atoms with Gasteiger partial charge in [0.1, 0.15) is 6.10 Å². The first-order chi connectivity index (χ1) is 7.54. The molecule has 0 aromatic heterocycles. The number of nitro groups is 1. The van der Waals surface area contributed by atoms with E-state index in [9.17, 15) is 14.9 Å². The number of aliphatic hydroxyl groups excluding tert-OH is 1. The van der Waals surface area contributed by atoms with Crippen molar-refractivity contribution >= 4 is 11.5 Å². The number of carbonyl (C=O) groups excluding carboxylic acids is 1. The Morgan fingerprint density at radius 1 is 1.44 bits per heavy atom. The van der Waals surface area contributed by atoms with Gasteiger partial charge in [0.25, 0.3) is 5.69 Å². The summed E-state index contributed by atoms with van der Waals surface area (Å²) in [5.74, 6) is -0.392. The average molecular weight is 224 g/mol. The highest BCUT2D eigenvalue weighted by atomic mass is 16.6. The van der Waals surface area contributed by atoms with Gasteiger partial charge in [-0.25, -0.2) is 0 Å². The van der Waals surface area contributed by atoms with E-state index in [0.29, 0.717) is 5.56 Å². The van der Waals surface area contributed by atoms with E-state index in [1.807, 2.05) is 0 Å². The Bertz CT molecular complexity index is 388. The fourth-order valence-electron chi connectivity index (χ4n) is 1.19. The van der Waals surface area contributed by atoms with Gasteiger partial charge in [-0.15, -0.1) is 0 Å². The van der Waals surface area contributed by atoms with Gasteiger partial charge in [0.05, 0.1) is 4.92 Å². The molecule has 86 valence electrons. The third-order valence-corrected chi connectivity index (χ3v) is 2.12. The molecule has 6 heteroatoms. The lowest BCUT2D eigenvalue weighted by Gasteiger charge is -2.05. The summed E-state index contributed by atoms with van der Waals surface area (Å²) < 4.78 is 0. The molecule has 0 saturated carbocycles. The predicted molar refractivity (Wildman–Crippen MR) is 56.9 cm³/mol. The Morgan fingerprint density at radius 2 is 2.00 bits per heavy atom. The van der Waals surface area contributed by atoms with Gasteiger partial charge in [-0.3, -0.25) is 14.9 Å². The van der Waals surface area contributed by atoms with Crippen LogP contribution in [0.5, 0.6) is 0 Å². The fourth-order valence-corrected chi connectivity index (χ4v) is 1.19. The van der Waals surface area contributed by atoms with Crippen LogP contribution in [0.15, 0.2) is 24.3 Å². The van der Waals surface area contributed by atoms with E-state index in [-0.39, 0.29) is 18.7 Å². The second kappa shape index (κ2) is 5.34. The number of aliphatic hydroxyl groups is 1. The number of benzene rings is 1. The lowest BCUT2D eigenvalue weighted by Crippen LogP contribution is -2.30. The van der Waals surface area contributed by atoms with Crippen LogP contribution in [0.3, 0.4) is 0 Å². The third-order valence-electron chi connectivity index (χ3n) is 2.12. The van der Waals surface area contributed by atoms with Gasteiger partial charge in [0.2, 0.25) is 0 Å². The first-order valence-corrected chi connectivity index (χ1v) is 4.68. The number of Topliss-reactive ketones (excluding diaryl/α,β-unsaturated/α-hetero) is 1. The molecule has 0 fully saturated rings. The minimum atomic E-state index is -1.17. The highest BCUT2D eigenvalue weighted by Gasteiger charge is 2.14. The Balaban J connectivity index is 2.69. The summed E-state index contributed by atoms with van der Waals surface area (Å²) in [6.07, 6.45) is -1.15. The monoisotopic (exact) mass is 224 g/mol. The molecule has 0 spiro atoms. The van der Waals surface area contributed by atoms with E-state index >= 15 is 0 Å². The molecule has 1 rings (SSSR count). The van der Waals surface area contributed by atoms with Gasteiger partial charge in [-0.1, -0.05) is 12.1 Å². The number of nitro benzene ring substituents is 1. The van der Waals surface area contributed by atoms with E-state index in [4.69, 9.17) is 10.8 Å². The summed E-state index contributed by atoms with van der Waals surface area (Å²) in [7, 11) is 0. The zero-order valence-corrected chi connectivity index (χ0v) is 8.50. The molecule has 0 aliphatic heterocycles. The molecular weight excluding hydrogens is 212 g/mol. The minimum Gasteiger partial charge on any atom is -0.384 e. The van der Waals surface area contributed by atoms with Crippen molar-refractivity contribution in [2.45, 2.75) is 12.5 Å². The van der Waals surface area contributed by atoms with Crippen LogP contribution in [0.2, 0.25) is 0 Å². The second-order valence-corrected chi connectivity index (χ2v) is 3.32. The standard InChI is InChI=1S/C10H12N2O4/c11-6-10(14)9(13)5-7-1-3-8(4-2-7)12(15)16/h1-4,10,14H,5-6,11H2. The maximum absolute atomic E-state index is 11.3. The molecule has 16 heavy (non-hydrogen) atoms. The molecule has 3 N–H and O–H groups in total. The normalized spacial score (nSPS) is 12.1. The summed E-state index contributed by atoms with van der Waals surface area (Å²) in [5, 5.41) is 19.5. The summed E-state index contributed by atoms with van der Waals surface area (Å²) in [6.45, 7) is -0.119. The number of hydrogen-bond donors (Lipinski definition) is 2. The molecule has 0 amide bonds. The highest BCUT2D eigenvalue weighted by Crippen LogP contribution is 2.12. The number of hydrogen-bond acceptors (Lipinski definition) is 5. The Morgan fingerprint density at radius 3 is 2.44 bits per heavy atom. The van der Waals surface area contributed by atoms with E-state index in [2.05, 4.69) is 0 Å². The first-order valence-electron chi connectivity index (χ1n) is 4.68. The van der Waals surface area contributed by atoms with Gasteiger partial charge >= 0.3 is 0 Å². The Hall–Kier alpha value is -1.79. The third kappa shape index (κ3) is 3.11. The zero-order valence-electron chi connectivity index (χ0n) is 8.50. The van der Waals surface area contributed by atoms with Crippen LogP contribution in [0.25, 0.3) is 0 Å². The molecule has 1 atom stereocenters. The minimum absolute atomic E-state index is 0.0242. The molecule has 0 bridgehead atoms. The molecule has 1 aromatic rings. The van der Waals surface area contributed by atoms with Crippen LogP contribution in [-0.4, -0.2) is 28.5 Å². The van der Waals surface area contributed by atoms with Crippen molar-refractivity contribution in [3.63, 3.8) is 0 Å². The van der Waals surface area contributed by atoms with Gasteiger partial charge in [0, 0.05) is 25.1 Å². The topological polar surface area (TPSA) is 106 Å². The van der Waals surface area contributed by atoms with E-state index in [1.165, 1.54) is 24.3 Å². The molecule has 0 heterocycles. The molecule has 0 aliphatic carbocycles. The van der Waals surface area contributed by atoms with E-state index in [1.54, 1.807) is 0 Å². The van der Waals surface area contributed by atoms with Gasteiger partial charge in [0.15, 0.2) is 5.78 Å².